The van der Waals surface area contributed by atoms with E-state index in [1.807, 2.05) is 0 Å². The second-order valence-electron chi connectivity index (χ2n) is 3.67. The fourth-order valence-corrected chi connectivity index (χ4v) is 1.69. The number of aromatic nitrogens is 4. The Hall–Kier alpha value is -1.85. The lowest BCUT2D eigenvalue weighted by Crippen LogP contribution is -2.07. The van der Waals surface area contributed by atoms with Gasteiger partial charge in [-0.1, -0.05) is 0 Å². The molecule has 0 atom stereocenters. The highest BCUT2D eigenvalue weighted by Crippen LogP contribution is 2.41. The van der Waals surface area contributed by atoms with Crippen molar-refractivity contribution in [3.63, 3.8) is 0 Å². The summed E-state index contributed by atoms with van der Waals surface area (Å²) in [6, 6.07) is 0. The molecule has 6 nitrogen and oxygen atoms in total. The Morgan fingerprint density at radius 3 is 2.93 bits per heavy atom. The van der Waals surface area contributed by atoms with E-state index in [1.165, 1.54) is 4.73 Å². The number of nitrogens with zero attached hydrogens (tertiary/aromatic N) is 4. The van der Waals surface area contributed by atoms with Gasteiger partial charge in [-0.2, -0.15) is 9.71 Å². The molecule has 1 aliphatic carbocycles. The summed E-state index contributed by atoms with van der Waals surface area (Å²) in [6.45, 7) is 0. The number of hydrogen-bond donors (Lipinski definition) is 1. The number of imidazole rings is 1. The van der Waals surface area contributed by atoms with Gasteiger partial charge in [0.05, 0.1) is 5.69 Å². The SMILES string of the molecule is COn1cnc2c(C3CC3)nc(N)nc21. The molecule has 0 amide bonds. The lowest BCUT2D eigenvalue weighted by molar-refractivity contribution is 0.176. The summed E-state index contributed by atoms with van der Waals surface area (Å²) in [5.74, 6) is 0.779. The number of hydrogen-bond acceptors (Lipinski definition) is 5. The highest BCUT2D eigenvalue weighted by Gasteiger charge is 2.29. The first kappa shape index (κ1) is 8.46. The molecule has 15 heavy (non-hydrogen) atoms. The van der Waals surface area contributed by atoms with Gasteiger partial charge in [0, 0.05) is 5.92 Å². The first-order valence-corrected chi connectivity index (χ1v) is 4.84. The Morgan fingerprint density at radius 2 is 2.27 bits per heavy atom. The Kier molecular flexibility index (Phi) is 1.59. The fraction of sp³-hybridized carbons (Fsp3) is 0.444. The van der Waals surface area contributed by atoms with Gasteiger partial charge in [-0.3, -0.25) is 0 Å². The van der Waals surface area contributed by atoms with Crippen molar-refractivity contribution in [3.8, 4) is 0 Å². The van der Waals surface area contributed by atoms with Crippen molar-refractivity contribution < 1.29 is 4.84 Å². The minimum absolute atomic E-state index is 0.281. The van der Waals surface area contributed by atoms with Gasteiger partial charge in [-0.15, -0.1) is 0 Å². The van der Waals surface area contributed by atoms with E-state index in [2.05, 4.69) is 15.0 Å². The molecule has 0 radical (unpaired) electrons. The van der Waals surface area contributed by atoms with Gasteiger partial charge in [0.25, 0.3) is 0 Å². The smallest absolute Gasteiger partial charge is 0.222 e. The highest BCUT2D eigenvalue weighted by molar-refractivity contribution is 5.75. The molecule has 0 aliphatic heterocycles. The van der Waals surface area contributed by atoms with Crippen LogP contribution < -0.4 is 10.6 Å². The first-order chi connectivity index (χ1) is 7.29. The average Bonchev–Trinajstić information content (AvgIpc) is 2.98. The highest BCUT2D eigenvalue weighted by atomic mass is 16.6. The molecule has 1 saturated carbocycles. The number of anilines is 1. The Labute approximate surface area is 86.1 Å². The van der Waals surface area contributed by atoms with E-state index in [-0.39, 0.29) is 5.95 Å². The van der Waals surface area contributed by atoms with Crippen LogP contribution in [0.2, 0.25) is 0 Å². The van der Waals surface area contributed by atoms with Gasteiger partial charge < -0.3 is 10.6 Å². The lowest BCUT2D eigenvalue weighted by Gasteiger charge is -2.02. The molecular weight excluding hydrogens is 194 g/mol. The maximum atomic E-state index is 5.65. The maximum absolute atomic E-state index is 5.65. The monoisotopic (exact) mass is 205 g/mol. The van der Waals surface area contributed by atoms with Crippen LogP contribution in [0.15, 0.2) is 6.33 Å². The number of fused-ring (bicyclic) bond motifs is 1. The second kappa shape index (κ2) is 2.82. The van der Waals surface area contributed by atoms with Crippen molar-refractivity contribution >= 4 is 17.1 Å². The summed E-state index contributed by atoms with van der Waals surface area (Å²) < 4.78 is 1.50. The molecule has 0 unspecified atom stereocenters. The largest absolute Gasteiger partial charge is 0.414 e. The zero-order chi connectivity index (χ0) is 10.4. The summed E-state index contributed by atoms with van der Waals surface area (Å²) in [6.07, 6.45) is 3.90. The predicted octanol–water partition coefficient (Wildman–Crippen LogP) is 0.344. The molecular formula is C9H11N5O. The molecule has 0 spiro atoms. The molecule has 3 rings (SSSR count). The topological polar surface area (TPSA) is 78.8 Å². The summed E-state index contributed by atoms with van der Waals surface area (Å²) in [7, 11) is 1.57. The minimum atomic E-state index is 0.281. The van der Waals surface area contributed by atoms with E-state index in [0.717, 1.165) is 24.1 Å². The molecule has 0 bridgehead atoms. The number of nitrogen functional groups attached to an aromatic ring is 1. The molecule has 2 aromatic heterocycles. The van der Waals surface area contributed by atoms with Gasteiger partial charge in [0.2, 0.25) is 11.6 Å². The predicted molar refractivity (Wildman–Crippen MR) is 54.2 cm³/mol. The summed E-state index contributed by atoms with van der Waals surface area (Å²) in [5.41, 5.74) is 8.05. The van der Waals surface area contributed by atoms with Crippen LogP contribution in [0.25, 0.3) is 11.2 Å². The zero-order valence-corrected chi connectivity index (χ0v) is 8.34. The minimum Gasteiger partial charge on any atom is -0.414 e. The molecule has 2 heterocycles. The Balaban J connectivity index is 2.29. The fourth-order valence-electron chi connectivity index (χ4n) is 1.69. The molecule has 1 fully saturated rings. The van der Waals surface area contributed by atoms with Crippen LogP contribution in [-0.4, -0.2) is 26.8 Å². The van der Waals surface area contributed by atoms with E-state index in [1.54, 1.807) is 13.4 Å². The molecule has 6 heteroatoms. The van der Waals surface area contributed by atoms with Crippen molar-refractivity contribution in [2.75, 3.05) is 12.8 Å². The van der Waals surface area contributed by atoms with Crippen LogP contribution in [0, 0.1) is 0 Å². The van der Waals surface area contributed by atoms with Crippen LogP contribution in [0.4, 0.5) is 5.95 Å². The third kappa shape index (κ3) is 1.21. The first-order valence-electron chi connectivity index (χ1n) is 4.84. The summed E-state index contributed by atoms with van der Waals surface area (Å²) in [4.78, 5) is 17.7. The van der Waals surface area contributed by atoms with Crippen molar-refractivity contribution in [1.29, 1.82) is 0 Å². The molecule has 0 saturated heterocycles. The zero-order valence-electron chi connectivity index (χ0n) is 8.34. The number of nitrogens with two attached hydrogens (primary N) is 1. The molecule has 0 aromatic carbocycles. The normalized spacial score (nSPS) is 15.8. The van der Waals surface area contributed by atoms with Crippen LogP contribution >= 0.6 is 0 Å². The third-order valence-corrected chi connectivity index (χ3v) is 2.57. The van der Waals surface area contributed by atoms with Gasteiger partial charge in [-0.25, -0.2) is 9.97 Å². The Bertz CT molecular complexity index is 516. The molecule has 1 aliphatic rings. The van der Waals surface area contributed by atoms with E-state index < -0.39 is 0 Å². The van der Waals surface area contributed by atoms with E-state index in [9.17, 15) is 0 Å². The van der Waals surface area contributed by atoms with Gasteiger partial charge in [-0.05, 0) is 12.8 Å². The van der Waals surface area contributed by atoms with Crippen molar-refractivity contribution in [1.82, 2.24) is 19.7 Å². The van der Waals surface area contributed by atoms with Gasteiger partial charge in [0.15, 0.2) is 0 Å². The average molecular weight is 205 g/mol. The van der Waals surface area contributed by atoms with Crippen LogP contribution in [-0.2, 0) is 0 Å². The summed E-state index contributed by atoms with van der Waals surface area (Å²) in [5, 5.41) is 0. The maximum Gasteiger partial charge on any atom is 0.222 e. The van der Waals surface area contributed by atoms with Crippen LogP contribution in [0.3, 0.4) is 0 Å². The van der Waals surface area contributed by atoms with Crippen LogP contribution in [0.1, 0.15) is 24.5 Å². The Morgan fingerprint density at radius 1 is 1.47 bits per heavy atom. The van der Waals surface area contributed by atoms with Gasteiger partial charge >= 0.3 is 0 Å². The molecule has 78 valence electrons. The van der Waals surface area contributed by atoms with Gasteiger partial charge in [0.1, 0.15) is 19.0 Å². The van der Waals surface area contributed by atoms with E-state index in [0.29, 0.717) is 11.6 Å². The third-order valence-electron chi connectivity index (χ3n) is 2.57. The van der Waals surface area contributed by atoms with Crippen molar-refractivity contribution in [3.05, 3.63) is 12.0 Å². The second-order valence-corrected chi connectivity index (χ2v) is 3.67. The van der Waals surface area contributed by atoms with Crippen molar-refractivity contribution in [2.45, 2.75) is 18.8 Å². The van der Waals surface area contributed by atoms with Crippen LogP contribution in [0.5, 0.6) is 0 Å². The molecule has 2 aromatic rings. The lowest BCUT2D eigenvalue weighted by atomic mass is 10.2. The summed E-state index contributed by atoms with van der Waals surface area (Å²) >= 11 is 0. The van der Waals surface area contributed by atoms with E-state index >= 15 is 0 Å². The molecule has 2 N–H and O–H groups in total. The quantitative estimate of drug-likeness (QED) is 0.765. The number of rotatable bonds is 2. The van der Waals surface area contributed by atoms with E-state index in [4.69, 9.17) is 10.6 Å². The van der Waals surface area contributed by atoms with Crippen molar-refractivity contribution in [2.24, 2.45) is 0 Å². The standard InChI is InChI=1S/C9H11N5O/c1-15-14-4-11-7-6(5-2-3-5)12-9(10)13-8(7)14/h4-5H,2-3H2,1H3,(H2,10,12,13).